The van der Waals surface area contributed by atoms with Crippen LogP contribution in [-0.2, 0) is 13.0 Å². The van der Waals surface area contributed by atoms with Crippen LogP contribution in [0.3, 0.4) is 0 Å². The van der Waals surface area contributed by atoms with Crippen LogP contribution < -0.4 is 10.6 Å². The van der Waals surface area contributed by atoms with Gasteiger partial charge < -0.3 is 15.2 Å². The summed E-state index contributed by atoms with van der Waals surface area (Å²) in [7, 11) is 0. The van der Waals surface area contributed by atoms with Crippen molar-refractivity contribution in [3.05, 3.63) is 42.7 Å². The third kappa shape index (κ3) is 4.08. The molecule has 106 valence electrons. The lowest BCUT2D eigenvalue weighted by atomic mass is 10.4. The van der Waals surface area contributed by atoms with Crippen molar-refractivity contribution in [2.24, 2.45) is 0 Å². The van der Waals surface area contributed by atoms with Crippen molar-refractivity contribution in [3.63, 3.8) is 0 Å². The Morgan fingerprint density at radius 1 is 1.40 bits per heavy atom. The number of anilines is 1. The number of hydrogen-bond acceptors (Lipinski definition) is 3. The molecule has 6 nitrogen and oxygen atoms in total. The average molecular weight is 273 g/mol. The van der Waals surface area contributed by atoms with Crippen molar-refractivity contribution in [2.45, 2.75) is 26.3 Å². The minimum atomic E-state index is -0.209. The number of carbonyl (C=O) groups excluding carboxylic acids is 1. The van der Waals surface area contributed by atoms with E-state index in [4.69, 9.17) is 0 Å². The number of pyridine rings is 1. The maximum Gasteiger partial charge on any atom is 0.319 e. The Hall–Kier alpha value is -2.37. The number of aryl methyl sites for hydroxylation is 2. The maximum atomic E-state index is 11.6. The first-order valence-corrected chi connectivity index (χ1v) is 6.74. The van der Waals surface area contributed by atoms with Gasteiger partial charge in [-0.05, 0) is 18.6 Å². The van der Waals surface area contributed by atoms with Gasteiger partial charge in [0.05, 0.1) is 11.9 Å². The highest BCUT2D eigenvalue weighted by Crippen LogP contribution is 2.02. The van der Waals surface area contributed by atoms with E-state index in [0.29, 0.717) is 12.2 Å². The van der Waals surface area contributed by atoms with Crippen molar-refractivity contribution < 1.29 is 4.79 Å². The molecule has 0 spiro atoms. The van der Waals surface area contributed by atoms with Crippen LogP contribution in [0.1, 0.15) is 19.2 Å². The van der Waals surface area contributed by atoms with E-state index in [9.17, 15) is 4.79 Å². The monoisotopic (exact) mass is 273 g/mol. The van der Waals surface area contributed by atoms with Crippen molar-refractivity contribution in [1.82, 2.24) is 19.9 Å². The molecule has 0 unspecified atom stereocenters. The van der Waals surface area contributed by atoms with E-state index in [1.807, 2.05) is 6.20 Å². The first-order chi connectivity index (χ1) is 9.79. The van der Waals surface area contributed by atoms with Crippen LogP contribution in [0, 0.1) is 0 Å². The van der Waals surface area contributed by atoms with E-state index in [2.05, 4.69) is 32.1 Å². The van der Waals surface area contributed by atoms with Gasteiger partial charge in [-0.2, -0.15) is 0 Å². The molecule has 0 aromatic carbocycles. The predicted molar refractivity (Wildman–Crippen MR) is 77.5 cm³/mol. The molecule has 6 heteroatoms. The van der Waals surface area contributed by atoms with Crippen LogP contribution >= 0.6 is 0 Å². The van der Waals surface area contributed by atoms with E-state index < -0.39 is 0 Å². The van der Waals surface area contributed by atoms with Crippen LogP contribution in [0.5, 0.6) is 0 Å². The van der Waals surface area contributed by atoms with Gasteiger partial charge in [0.2, 0.25) is 0 Å². The summed E-state index contributed by atoms with van der Waals surface area (Å²) in [5, 5.41) is 5.55. The Balaban J connectivity index is 1.67. The zero-order chi connectivity index (χ0) is 14.2. The summed E-state index contributed by atoms with van der Waals surface area (Å²) in [6.45, 7) is 3.56. The van der Waals surface area contributed by atoms with Crippen LogP contribution in [0.15, 0.2) is 36.9 Å². The zero-order valence-electron chi connectivity index (χ0n) is 11.5. The molecule has 0 aliphatic heterocycles. The van der Waals surface area contributed by atoms with Crippen molar-refractivity contribution in [2.75, 3.05) is 11.9 Å². The van der Waals surface area contributed by atoms with Gasteiger partial charge in [0.25, 0.3) is 0 Å². The Morgan fingerprint density at radius 2 is 2.30 bits per heavy atom. The molecule has 0 atom stereocenters. The summed E-state index contributed by atoms with van der Waals surface area (Å²) < 4.78 is 2.11. The fourth-order valence-electron chi connectivity index (χ4n) is 1.92. The lowest BCUT2D eigenvalue weighted by Gasteiger charge is -2.08. The molecule has 0 aliphatic rings. The Labute approximate surface area is 118 Å². The average Bonchev–Trinajstić information content (AvgIpc) is 2.92. The van der Waals surface area contributed by atoms with Gasteiger partial charge in [0.15, 0.2) is 0 Å². The number of amides is 2. The molecule has 2 heterocycles. The second-order valence-corrected chi connectivity index (χ2v) is 4.37. The lowest BCUT2D eigenvalue weighted by Crippen LogP contribution is -2.30. The van der Waals surface area contributed by atoms with Gasteiger partial charge in [-0.1, -0.05) is 6.92 Å². The molecular formula is C14H19N5O. The van der Waals surface area contributed by atoms with Crippen molar-refractivity contribution in [1.29, 1.82) is 0 Å². The minimum absolute atomic E-state index is 0.209. The minimum Gasteiger partial charge on any atom is -0.338 e. The first kappa shape index (κ1) is 14.0. The predicted octanol–water partition coefficient (Wildman–Crippen LogP) is 2.05. The smallest absolute Gasteiger partial charge is 0.319 e. The normalized spacial score (nSPS) is 10.2. The molecule has 0 fully saturated rings. The summed E-state index contributed by atoms with van der Waals surface area (Å²) in [5.74, 6) is 1.07. The molecule has 2 amide bonds. The summed E-state index contributed by atoms with van der Waals surface area (Å²) in [6, 6.07) is 3.37. The number of rotatable bonds is 6. The van der Waals surface area contributed by atoms with Crippen LogP contribution in [-0.4, -0.2) is 27.1 Å². The van der Waals surface area contributed by atoms with Crippen molar-refractivity contribution >= 4 is 11.7 Å². The third-order valence-corrected chi connectivity index (χ3v) is 2.90. The first-order valence-electron chi connectivity index (χ1n) is 6.74. The molecule has 0 saturated heterocycles. The van der Waals surface area contributed by atoms with E-state index in [0.717, 1.165) is 25.2 Å². The Morgan fingerprint density at radius 3 is 3.05 bits per heavy atom. The second-order valence-electron chi connectivity index (χ2n) is 4.37. The van der Waals surface area contributed by atoms with E-state index in [1.165, 1.54) is 0 Å². The number of imidazole rings is 1. The molecule has 0 saturated carbocycles. The molecule has 0 aliphatic carbocycles. The molecule has 20 heavy (non-hydrogen) atoms. The van der Waals surface area contributed by atoms with Crippen molar-refractivity contribution in [3.8, 4) is 0 Å². The summed E-state index contributed by atoms with van der Waals surface area (Å²) in [4.78, 5) is 19.8. The van der Waals surface area contributed by atoms with Gasteiger partial charge in [0, 0.05) is 38.1 Å². The van der Waals surface area contributed by atoms with E-state index in [1.54, 1.807) is 30.7 Å². The van der Waals surface area contributed by atoms with Gasteiger partial charge in [0.1, 0.15) is 5.82 Å². The summed E-state index contributed by atoms with van der Waals surface area (Å²) in [5.41, 5.74) is 0.688. The molecule has 0 bridgehead atoms. The standard InChI is InChI=1S/C14H19N5O/c1-2-13-16-8-10-19(13)9-4-7-17-14(20)18-12-5-3-6-15-11-12/h3,5-6,8,10-11H,2,4,7,9H2,1H3,(H2,17,18,20). The second kappa shape index (κ2) is 7.28. The molecule has 2 aromatic rings. The van der Waals surface area contributed by atoms with E-state index in [-0.39, 0.29) is 6.03 Å². The summed E-state index contributed by atoms with van der Waals surface area (Å²) in [6.07, 6.45) is 8.83. The highest BCUT2D eigenvalue weighted by molar-refractivity contribution is 5.88. The lowest BCUT2D eigenvalue weighted by molar-refractivity contribution is 0.252. The van der Waals surface area contributed by atoms with Gasteiger partial charge in [-0.25, -0.2) is 9.78 Å². The molecule has 2 N–H and O–H groups in total. The number of nitrogens with one attached hydrogen (secondary N) is 2. The third-order valence-electron chi connectivity index (χ3n) is 2.90. The number of nitrogens with zero attached hydrogens (tertiary/aromatic N) is 3. The molecule has 2 aromatic heterocycles. The molecular weight excluding hydrogens is 254 g/mol. The highest BCUT2D eigenvalue weighted by atomic mass is 16.2. The van der Waals surface area contributed by atoms with Gasteiger partial charge >= 0.3 is 6.03 Å². The molecule has 2 rings (SSSR count). The van der Waals surface area contributed by atoms with E-state index >= 15 is 0 Å². The number of urea groups is 1. The molecule has 0 radical (unpaired) electrons. The highest BCUT2D eigenvalue weighted by Gasteiger charge is 2.02. The van der Waals surface area contributed by atoms with Crippen LogP contribution in [0.4, 0.5) is 10.5 Å². The fourth-order valence-corrected chi connectivity index (χ4v) is 1.92. The quantitative estimate of drug-likeness (QED) is 0.791. The zero-order valence-corrected chi connectivity index (χ0v) is 11.5. The number of hydrogen-bond donors (Lipinski definition) is 2. The van der Waals surface area contributed by atoms with Gasteiger partial charge in [-0.15, -0.1) is 0 Å². The van der Waals surface area contributed by atoms with Gasteiger partial charge in [-0.3, -0.25) is 4.98 Å². The fraction of sp³-hybridized carbons (Fsp3) is 0.357. The maximum absolute atomic E-state index is 11.6. The number of carbonyl (C=O) groups is 1. The Bertz CT molecular complexity index is 538. The SMILES string of the molecule is CCc1nccn1CCCNC(=O)Nc1cccnc1. The Kier molecular flexibility index (Phi) is 5.11. The largest absolute Gasteiger partial charge is 0.338 e. The topological polar surface area (TPSA) is 71.8 Å². The van der Waals surface area contributed by atoms with Crippen LogP contribution in [0.25, 0.3) is 0 Å². The number of aromatic nitrogens is 3. The van der Waals surface area contributed by atoms with Crippen LogP contribution in [0.2, 0.25) is 0 Å². The summed E-state index contributed by atoms with van der Waals surface area (Å²) >= 11 is 0.